The van der Waals surface area contributed by atoms with Crippen molar-refractivity contribution in [3.63, 3.8) is 0 Å². The Bertz CT molecular complexity index is 309. The summed E-state index contributed by atoms with van der Waals surface area (Å²) in [5.74, 6) is 0.456. The van der Waals surface area contributed by atoms with Gasteiger partial charge in [-0.05, 0) is 18.8 Å². The van der Waals surface area contributed by atoms with Crippen molar-refractivity contribution in [2.24, 2.45) is 0 Å². The van der Waals surface area contributed by atoms with Crippen molar-refractivity contribution in [1.82, 2.24) is 4.98 Å². The Kier molecular flexibility index (Phi) is 2.50. The van der Waals surface area contributed by atoms with Crippen LogP contribution in [0.5, 0.6) is 0 Å². The second kappa shape index (κ2) is 3.85. The summed E-state index contributed by atoms with van der Waals surface area (Å²) in [5.41, 5.74) is 1.92. The van der Waals surface area contributed by atoms with Crippen LogP contribution in [-0.2, 0) is 9.47 Å². The summed E-state index contributed by atoms with van der Waals surface area (Å²) in [6.45, 7) is 1.54. The average molecular weight is 225 g/mol. The molecule has 2 heterocycles. The van der Waals surface area contributed by atoms with E-state index in [1.165, 1.54) is 17.7 Å². The van der Waals surface area contributed by atoms with E-state index in [1.54, 1.807) is 11.3 Å². The molecule has 0 bridgehead atoms. The third-order valence-electron chi connectivity index (χ3n) is 3.41. The lowest BCUT2D eigenvalue weighted by Crippen LogP contribution is -2.34. The van der Waals surface area contributed by atoms with Crippen LogP contribution in [-0.4, -0.2) is 24.0 Å². The van der Waals surface area contributed by atoms with Crippen LogP contribution in [0.25, 0.3) is 0 Å². The van der Waals surface area contributed by atoms with Gasteiger partial charge in [-0.25, -0.2) is 0 Å². The third-order valence-corrected chi connectivity index (χ3v) is 4.35. The van der Waals surface area contributed by atoms with Gasteiger partial charge in [0.2, 0.25) is 0 Å². The molecule has 0 atom stereocenters. The first-order valence-electron chi connectivity index (χ1n) is 5.54. The van der Waals surface area contributed by atoms with Crippen LogP contribution in [0.3, 0.4) is 0 Å². The Balaban J connectivity index is 1.65. The highest BCUT2D eigenvalue weighted by molar-refractivity contribution is 7.09. The highest BCUT2D eigenvalue weighted by Crippen LogP contribution is 2.42. The zero-order valence-electron chi connectivity index (χ0n) is 8.65. The Morgan fingerprint density at radius 1 is 1.27 bits per heavy atom. The summed E-state index contributed by atoms with van der Waals surface area (Å²) in [7, 11) is 0. The van der Waals surface area contributed by atoms with Crippen molar-refractivity contribution >= 4 is 11.3 Å². The topological polar surface area (TPSA) is 31.4 Å². The van der Waals surface area contributed by atoms with Crippen LogP contribution in [0.15, 0.2) is 11.7 Å². The zero-order valence-corrected chi connectivity index (χ0v) is 9.46. The largest absolute Gasteiger partial charge is 0.348 e. The minimum absolute atomic E-state index is 0.221. The highest BCUT2D eigenvalue weighted by atomic mass is 32.1. The number of aromatic nitrogens is 1. The van der Waals surface area contributed by atoms with E-state index in [2.05, 4.69) is 4.98 Å². The summed E-state index contributed by atoms with van der Waals surface area (Å²) >= 11 is 1.77. The van der Waals surface area contributed by atoms with Gasteiger partial charge in [-0.1, -0.05) is 0 Å². The fourth-order valence-corrected chi connectivity index (χ4v) is 3.35. The number of nitrogens with zero attached hydrogens (tertiary/aromatic N) is 1. The van der Waals surface area contributed by atoms with Crippen molar-refractivity contribution in [1.29, 1.82) is 0 Å². The molecule has 1 saturated carbocycles. The van der Waals surface area contributed by atoms with Gasteiger partial charge in [0.1, 0.15) is 0 Å². The minimum atomic E-state index is -0.221. The monoisotopic (exact) mass is 225 g/mol. The molecule has 0 aromatic carbocycles. The summed E-state index contributed by atoms with van der Waals surface area (Å²) < 4.78 is 11.4. The number of ether oxygens (including phenoxy) is 2. The van der Waals surface area contributed by atoms with Crippen LogP contribution < -0.4 is 0 Å². The molecule has 3 rings (SSSR count). The fraction of sp³-hybridized carbons (Fsp3) is 0.727. The number of hydrogen-bond donors (Lipinski definition) is 0. The average Bonchev–Trinajstić information content (AvgIpc) is 2.91. The van der Waals surface area contributed by atoms with E-state index in [-0.39, 0.29) is 5.79 Å². The lowest BCUT2D eigenvalue weighted by atomic mass is 9.84. The van der Waals surface area contributed by atoms with Gasteiger partial charge in [0.15, 0.2) is 5.79 Å². The van der Waals surface area contributed by atoms with Crippen LogP contribution in [0, 0.1) is 0 Å². The molecule has 1 spiro atoms. The normalized spacial score (nSPS) is 26.1. The fourth-order valence-electron chi connectivity index (χ4n) is 2.56. The maximum absolute atomic E-state index is 5.71. The molecule has 1 aromatic heterocycles. The molecule has 0 N–H and O–H groups in total. The van der Waals surface area contributed by atoms with Crippen LogP contribution >= 0.6 is 11.3 Å². The molecule has 1 saturated heterocycles. The van der Waals surface area contributed by atoms with E-state index in [0.717, 1.165) is 26.1 Å². The van der Waals surface area contributed by atoms with E-state index in [4.69, 9.17) is 9.47 Å². The Labute approximate surface area is 93.4 Å². The van der Waals surface area contributed by atoms with E-state index < -0.39 is 0 Å². The summed E-state index contributed by atoms with van der Waals surface area (Å²) in [4.78, 5) is 5.56. The van der Waals surface area contributed by atoms with Gasteiger partial charge in [0, 0.05) is 23.9 Å². The van der Waals surface area contributed by atoms with Gasteiger partial charge < -0.3 is 9.47 Å². The first kappa shape index (κ1) is 9.75. The Hall–Kier alpha value is -0.450. The van der Waals surface area contributed by atoms with Gasteiger partial charge in [0.25, 0.3) is 0 Å². The quantitative estimate of drug-likeness (QED) is 0.736. The third kappa shape index (κ3) is 1.82. The molecule has 0 radical (unpaired) electrons. The minimum Gasteiger partial charge on any atom is -0.348 e. The van der Waals surface area contributed by atoms with E-state index in [9.17, 15) is 0 Å². The van der Waals surface area contributed by atoms with Gasteiger partial charge >= 0.3 is 0 Å². The molecule has 4 heteroatoms. The highest BCUT2D eigenvalue weighted by Gasteiger charge is 2.40. The molecule has 82 valence electrons. The molecule has 1 aliphatic heterocycles. The first-order chi connectivity index (χ1) is 7.38. The molecule has 0 unspecified atom stereocenters. The van der Waals surface area contributed by atoms with Gasteiger partial charge in [-0.3, -0.25) is 4.98 Å². The molecular formula is C11H15NO2S. The van der Waals surface area contributed by atoms with Crippen LogP contribution in [0.1, 0.15) is 36.5 Å². The maximum Gasteiger partial charge on any atom is 0.168 e. The molecule has 15 heavy (non-hydrogen) atoms. The number of hydrogen-bond acceptors (Lipinski definition) is 4. The van der Waals surface area contributed by atoms with Crippen molar-refractivity contribution in [2.75, 3.05) is 13.2 Å². The van der Waals surface area contributed by atoms with E-state index in [1.807, 2.05) is 11.7 Å². The molecular weight excluding hydrogens is 210 g/mol. The summed E-state index contributed by atoms with van der Waals surface area (Å²) in [5, 5.41) is 0. The standard InChI is InChI=1S/C11H15NO2S/c1-3-11(13-5-6-14-11)4-2-9(1)10-7-12-8-15-10/h7-9H,1-6H2. The molecule has 3 nitrogen and oxygen atoms in total. The van der Waals surface area contributed by atoms with Gasteiger partial charge in [0.05, 0.1) is 18.7 Å². The number of rotatable bonds is 1. The second-order valence-electron chi connectivity index (χ2n) is 4.29. The van der Waals surface area contributed by atoms with Crippen molar-refractivity contribution in [2.45, 2.75) is 37.4 Å². The Morgan fingerprint density at radius 3 is 2.60 bits per heavy atom. The smallest absolute Gasteiger partial charge is 0.168 e. The predicted molar refractivity (Wildman–Crippen MR) is 58.0 cm³/mol. The molecule has 2 fully saturated rings. The molecule has 2 aliphatic rings. The Morgan fingerprint density at radius 2 is 2.00 bits per heavy atom. The van der Waals surface area contributed by atoms with Gasteiger partial charge in [-0.2, -0.15) is 0 Å². The van der Waals surface area contributed by atoms with E-state index >= 15 is 0 Å². The van der Waals surface area contributed by atoms with Crippen molar-refractivity contribution in [3.05, 3.63) is 16.6 Å². The van der Waals surface area contributed by atoms with Crippen LogP contribution in [0.2, 0.25) is 0 Å². The van der Waals surface area contributed by atoms with E-state index in [0.29, 0.717) is 5.92 Å². The molecule has 1 aromatic rings. The lowest BCUT2D eigenvalue weighted by Gasteiger charge is -2.34. The lowest BCUT2D eigenvalue weighted by molar-refractivity contribution is -0.178. The van der Waals surface area contributed by atoms with Crippen molar-refractivity contribution in [3.8, 4) is 0 Å². The van der Waals surface area contributed by atoms with Crippen molar-refractivity contribution < 1.29 is 9.47 Å². The van der Waals surface area contributed by atoms with Gasteiger partial charge in [-0.15, -0.1) is 11.3 Å². The number of thiazole rings is 1. The zero-order chi connectivity index (χ0) is 10.1. The SMILES string of the molecule is c1ncc(C2CCC3(CC2)OCCO3)s1. The summed E-state index contributed by atoms with van der Waals surface area (Å²) in [6.07, 6.45) is 6.42. The van der Waals surface area contributed by atoms with Crippen LogP contribution in [0.4, 0.5) is 0 Å². The first-order valence-corrected chi connectivity index (χ1v) is 6.42. The summed E-state index contributed by atoms with van der Waals surface area (Å²) in [6, 6.07) is 0. The predicted octanol–water partition coefficient (Wildman–Crippen LogP) is 2.54. The molecule has 1 aliphatic carbocycles. The maximum atomic E-state index is 5.71. The molecule has 0 amide bonds. The second-order valence-corrected chi connectivity index (χ2v) is 5.20.